The van der Waals surface area contributed by atoms with Gasteiger partial charge >= 0.3 is 0 Å². The molecule has 0 saturated heterocycles. The molecule has 0 atom stereocenters. The molecule has 0 aliphatic heterocycles. The van der Waals surface area contributed by atoms with Crippen LogP contribution in [0.15, 0.2) is 60.0 Å². The first-order chi connectivity index (χ1) is 11.1. The number of anilines is 1. The van der Waals surface area contributed by atoms with Gasteiger partial charge in [0, 0.05) is 29.7 Å². The standard InChI is InChI=1S/C16H13ClN4OS/c1-11-8-13(9-19-15(11)17)23-21-7-5-12(10-21)20-16(22)14-4-2-3-6-18-14/h2-10H,1H3,(H,20,22). The maximum atomic E-state index is 12.0. The van der Waals surface area contributed by atoms with Gasteiger partial charge in [-0.3, -0.25) is 13.8 Å². The minimum absolute atomic E-state index is 0.239. The number of hydrogen-bond acceptors (Lipinski definition) is 4. The van der Waals surface area contributed by atoms with E-state index in [0.29, 0.717) is 16.5 Å². The van der Waals surface area contributed by atoms with E-state index in [1.165, 1.54) is 11.9 Å². The van der Waals surface area contributed by atoms with E-state index in [0.717, 1.165) is 10.5 Å². The molecule has 0 saturated carbocycles. The van der Waals surface area contributed by atoms with E-state index in [9.17, 15) is 4.79 Å². The predicted octanol–water partition coefficient (Wildman–Crippen LogP) is 4.05. The molecule has 0 spiro atoms. The van der Waals surface area contributed by atoms with Crippen LogP contribution in [-0.4, -0.2) is 19.8 Å². The summed E-state index contributed by atoms with van der Waals surface area (Å²) >= 11 is 7.41. The molecule has 3 aromatic rings. The third kappa shape index (κ3) is 3.91. The van der Waals surface area contributed by atoms with Crippen molar-refractivity contribution in [3.05, 3.63) is 71.5 Å². The Labute approximate surface area is 142 Å². The third-order valence-electron chi connectivity index (χ3n) is 3.02. The van der Waals surface area contributed by atoms with E-state index in [2.05, 4.69) is 15.3 Å². The number of aryl methyl sites for hydroxylation is 1. The minimum Gasteiger partial charge on any atom is -0.319 e. The highest BCUT2D eigenvalue weighted by atomic mass is 35.5. The fraction of sp³-hybridized carbons (Fsp3) is 0.0625. The molecule has 3 rings (SSSR count). The highest BCUT2D eigenvalue weighted by Gasteiger charge is 2.08. The Hall–Kier alpha value is -2.31. The van der Waals surface area contributed by atoms with Gasteiger partial charge in [-0.25, -0.2) is 4.98 Å². The largest absolute Gasteiger partial charge is 0.319 e. The summed E-state index contributed by atoms with van der Waals surface area (Å²) in [6, 6.07) is 9.00. The molecule has 3 aromatic heterocycles. The molecule has 0 unspecified atom stereocenters. The van der Waals surface area contributed by atoms with Gasteiger partial charge in [-0.2, -0.15) is 0 Å². The molecule has 0 bridgehead atoms. The van der Waals surface area contributed by atoms with E-state index in [4.69, 9.17) is 11.6 Å². The van der Waals surface area contributed by atoms with Crippen molar-refractivity contribution in [2.45, 2.75) is 11.8 Å². The summed E-state index contributed by atoms with van der Waals surface area (Å²) in [5.41, 5.74) is 2.00. The zero-order chi connectivity index (χ0) is 16.2. The number of carbonyl (C=O) groups excluding carboxylic acids is 1. The Balaban J connectivity index is 1.68. The summed E-state index contributed by atoms with van der Waals surface area (Å²) in [5.74, 6) is -0.239. The van der Waals surface area contributed by atoms with E-state index in [-0.39, 0.29) is 5.91 Å². The second-order valence-corrected chi connectivity index (χ2v) is 6.23. The third-order valence-corrected chi connectivity index (χ3v) is 4.29. The van der Waals surface area contributed by atoms with Gasteiger partial charge in [0.1, 0.15) is 10.8 Å². The Morgan fingerprint density at radius 3 is 2.91 bits per heavy atom. The van der Waals surface area contributed by atoms with E-state index < -0.39 is 0 Å². The molecule has 116 valence electrons. The normalized spacial score (nSPS) is 10.5. The van der Waals surface area contributed by atoms with E-state index >= 15 is 0 Å². The lowest BCUT2D eigenvalue weighted by Crippen LogP contribution is -2.12. The fourth-order valence-corrected chi connectivity index (χ4v) is 2.87. The molecule has 23 heavy (non-hydrogen) atoms. The Morgan fingerprint density at radius 2 is 2.17 bits per heavy atom. The molecule has 5 nitrogen and oxygen atoms in total. The number of nitrogens with one attached hydrogen (secondary N) is 1. The van der Waals surface area contributed by atoms with Gasteiger partial charge in [0.15, 0.2) is 0 Å². The van der Waals surface area contributed by atoms with Gasteiger partial charge in [0.2, 0.25) is 0 Å². The lowest BCUT2D eigenvalue weighted by molar-refractivity contribution is 0.102. The number of nitrogens with zero attached hydrogens (tertiary/aromatic N) is 3. The minimum atomic E-state index is -0.239. The van der Waals surface area contributed by atoms with Crippen LogP contribution in [0.3, 0.4) is 0 Å². The summed E-state index contributed by atoms with van der Waals surface area (Å²) in [6.45, 7) is 1.91. The molecule has 0 fully saturated rings. The number of hydrogen-bond donors (Lipinski definition) is 1. The maximum absolute atomic E-state index is 12.0. The average molecular weight is 345 g/mol. The van der Waals surface area contributed by atoms with Gasteiger partial charge in [0.25, 0.3) is 5.91 Å². The van der Waals surface area contributed by atoms with Crippen molar-refractivity contribution in [1.29, 1.82) is 0 Å². The Kier molecular flexibility index (Phi) is 4.64. The number of amides is 1. The van der Waals surface area contributed by atoms with Crippen molar-refractivity contribution in [3.8, 4) is 0 Å². The summed E-state index contributed by atoms with van der Waals surface area (Å²) in [6.07, 6.45) is 7.00. The van der Waals surface area contributed by atoms with Crippen LogP contribution in [0, 0.1) is 6.92 Å². The molecule has 7 heteroatoms. The molecule has 1 N–H and O–H groups in total. The van der Waals surface area contributed by atoms with Crippen molar-refractivity contribution >= 4 is 35.1 Å². The summed E-state index contributed by atoms with van der Waals surface area (Å²) in [5, 5.41) is 3.32. The van der Waals surface area contributed by atoms with Crippen LogP contribution < -0.4 is 5.32 Å². The lowest BCUT2D eigenvalue weighted by Gasteiger charge is -2.04. The topological polar surface area (TPSA) is 59.8 Å². The molecule has 0 aliphatic carbocycles. The van der Waals surface area contributed by atoms with Crippen LogP contribution in [-0.2, 0) is 0 Å². The first-order valence-corrected chi connectivity index (χ1v) is 7.98. The second-order valence-electron chi connectivity index (χ2n) is 4.80. The zero-order valence-electron chi connectivity index (χ0n) is 12.2. The smallest absolute Gasteiger partial charge is 0.274 e. The summed E-state index contributed by atoms with van der Waals surface area (Å²) in [4.78, 5) is 21.2. The van der Waals surface area contributed by atoms with Gasteiger partial charge in [0.05, 0.1) is 5.69 Å². The number of rotatable bonds is 4. The Morgan fingerprint density at radius 1 is 1.30 bits per heavy atom. The van der Waals surface area contributed by atoms with Crippen LogP contribution in [0.5, 0.6) is 0 Å². The van der Waals surface area contributed by atoms with Crippen LogP contribution in [0.4, 0.5) is 5.69 Å². The second kappa shape index (κ2) is 6.85. The van der Waals surface area contributed by atoms with Gasteiger partial charge < -0.3 is 5.32 Å². The monoisotopic (exact) mass is 344 g/mol. The average Bonchev–Trinajstić information content (AvgIpc) is 2.99. The van der Waals surface area contributed by atoms with Crippen molar-refractivity contribution in [2.24, 2.45) is 0 Å². The number of halogens is 1. The summed E-state index contributed by atoms with van der Waals surface area (Å²) in [7, 11) is 0. The number of pyridine rings is 2. The first kappa shape index (κ1) is 15.6. The van der Waals surface area contributed by atoms with Crippen LogP contribution >= 0.6 is 23.5 Å². The van der Waals surface area contributed by atoms with Gasteiger partial charge in [-0.1, -0.05) is 17.7 Å². The molecule has 1 amide bonds. The van der Waals surface area contributed by atoms with Crippen molar-refractivity contribution in [2.75, 3.05) is 5.32 Å². The molecular formula is C16H13ClN4OS. The zero-order valence-corrected chi connectivity index (χ0v) is 13.8. The highest BCUT2D eigenvalue weighted by Crippen LogP contribution is 2.25. The van der Waals surface area contributed by atoms with Crippen LogP contribution in [0.2, 0.25) is 5.15 Å². The number of carbonyl (C=O) groups is 1. The fourth-order valence-electron chi connectivity index (χ4n) is 1.90. The van der Waals surface area contributed by atoms with E-state index in [1.54, 1.807) is 30.6 Å². The summed E-state index contributed by atoms with van der Waals surface area (Å²) < 4.78 is 1.89. The van der Waals surface area contributed by atoms with Gasteiger partial charge in [-0.15, -0.1) is 0 Å². The molecular weight excluding hydrogens is 332 g/mol. The molecule has 3 heterocycles. The van der Waals surface area contributed by atoms with Gasteiger partial charge in [-0.05, 0) is 48.7 Å². The van der Waals surface area contributed by atoms with Crippen molar-refractivity contribution < 1.29 is 4.79 Å². The molecule has 0 aliphatic rings. The van der Waals surface area contributed by atoms with Crippen molar-refractivity contribution in [1.82, 2.24) is 13.9 Å². The van der Waals surface area contributed by atoms with Crippen LogP contribution in [0.25, 0.3) is 0 Å². The quantitative estimate of drug-likeness (QED) is 0.725. The first-order valence-electron chi connectivity index (χ1n) is 6.83. The highest BCUT2D eigenvalue weighted by molar-refractivity contribution is 7.97. The van der Waals surface area contributed by atoms with E-state index in [1.807, 2.05) is 35.4 Å². The molecule has 0 radical (unpaired) electrons. The number of aromatic nitrogens is 3. The Bertz CT molecular complexity index is 835. The SMILES string of the molecule is Cc1cc(Sn2ccc(NC(=O)c3ccccn3)c2)cnc1Cl. The lowest BCUT2D eigenvalue weighted by atomic mass is 10.3. The van der Waals surface area contributed by atoms with Crippen LogP contribution in [0.1, 0.15) is 16.1 Å². The maximum Gasteiger partial charge on any atom is 0.274 e. The predicted molar refractivity (Wildman–Crippen MR) is 91.9 cm³/mol. The van der Waals surface area contributed by atoms with Crippen molar-refractivity contribution in [3.63, 3.8) is 0 Å². The molecule has 0 aromatic carbocycles.